The second-order valence-corrected chi connectivity index (χ2v) is 5.60. The fourth-order valence-corrected chi connectivity index (χ4v) is 2.36. The molecule has 0 spiro atoms. The maximum atomic E-state index is 12.3. The Labute approximate surface area is 143 Å². The third kappa shape index (κ3) is 3.38. The molecule has 1 heterocycles. The first-order chi connectivity index (χ1) is 11.6. The monoisotopic (exact) mass is 342 g/mol. The van der Waals surface area contributed by atoms with E-state index in [2.05, 4.69) is 20.5 Å². The summed E-state index contributed by atoms with van der Waals surface area (Å²) < 4.78 is 5.10. The Morgan fingerprint density at radius 1 is 1.12 bits per heavy atom. The second kappa shape index (κ2) is 6.72. The Morgan fingerprint density at radius 2 is 1.88 bits per heavy atom. The second-order valence-electron chi connectivity index (χ2n) is 5.16. The van der Waals surface area contributed by atoms with E-state index >= 15 is 0 Å². The van der Waals surface area contributed by atoms with Crippen molar-refractivity contribution in [3.8, 4) is 17.0 Å². The number of nitrogens with one attached hydrogen (secondary N) is 2. The van der Waals surface area contributed by atoms with Gasteiger partial charge in [-0.05, 0) is 48.9 Å². The molecule has 0 aliphatic heterocycles. The Kier molecular flexibility index (Phi) is 4.48. The number of rotatable bonds is 4. The normalized spacial score (nSPS) is 10.5. The van der Waals surface area contributed by atoms with Gasteiger partial charge in [0, 0.05) is 16.3 Å². The fourth-order valence-electron chi connectivity index (χ4n) is 2.19. The minimum absolute atomic E-state index is 0.242. The van der Waals surface area contributed by atoms with Crippen molar-refractivity contribution in [3.05, 3.63) is 63.4 Å². The lowest BCUT2D eigenvalue weighted by molar-refractivity contribution is 0.415. The highest BCUT2D eigenvalue weighted by Gasteiger charge is 2.09. The first-order valence-electron chi connectivity index (χ1n) is 7.21. The number of methoxy groups -OCH3 is 1. The molecule has 3 rings (SSSR count). The van der Waals surface area contributed by atoms with Crippen molar-refractivity contribution in [1.29, 1.82) is 0 Å². The van der Waals surface area contributed by atoms with Crippen molar-refractivity contribution in [3.63, 3.8) is 0 Å². The molecular formula is C17H15ClN4O2. The molecular weight excluding hydrogens is 328 g/mol. The lowest BCUT2D eigenvalue weighted by atomic mass is 10.1. The topological polar surface area (TPSA) is 79.9 Å². The van der Waals surface area contributed by atoms with E-state index in [4.69, 9.17) is 16.3 Å². The summed E-state index contributed by atoms with van der Waals surface area (Å²) >= 11 is 5.99. The molecule has 0 aliphatic carbocycles. The van der Waals surface area contributed by atoms with Crippen LogP contribution in [0.25, 0.3) is 11.3 Å². The van der Waals surface area contributed by atoms with Gasteiger partial charge in [0.15, 0.2) is 5.69 Å². The molecule has 2 N–H and O–H groups in total. The van der Waals surface area contributed by atoms with E-state index in [0.29, 0.717) is 16.3 Å². The number of aromatic amines is 1. The molecule has 0 atom stereocenters. The van der Waals surface area contributed by atoms with Crippen LogP contribution in [-0.4, -0.2) is 22.3 Å². The van der Waals surface area contributed by atoms with E-state index in [0.717, 1.165) is 11.3 Å². The zero-order valence-corrected chi connectivity index (χ0v) is 13.9. The zero-order valence-electron chi connectivity index (χ0n) is 13.1. The van der Waals surface area contributed by atoms with Crippen LogP contribution in [0.1, 0.15) is 5.56 Å². The lowest BCUT2D eigenvalue weighted by Crippen LogP contribution is -2.15. The Morgan fingerprint density at radius 3 is 2.54 bits per heavy atom. The molecule has 122 valence electrons. The van der Waals surface area contributed by atoms with Gasteiger partial charge in [-0.25, -0.2) is 0 Å². The number of benzene rings is 2. The summed E-state index contributed by atoms with van der Waals surface area (Å²) in [5.74, 6) is 0.959. The predicted octanol–water partition coefficient (Wildman–Crippen LogP) is 3.55. The average Bonchev–Trinajstić information content (AvgIpc) is 2.58. The van der Waals surface area contributed by atoms with Crippen LogP contribution in [0.2, 0.25) is 5.02 Å². The third-order valence-electron chi connectivity index (χ3n) is 3.51. The van der Waals surface area contributed by atoms with Gasteiger partial charge in [-0.3, -0.25) is 9.78 Å². The van der Waals surface area contributed by atoms with Crippen LogP contribution >= 0.6 is 11.6 Å². The maximum absolute atomic E-state index is 12.3. The minimum Gasteiger partial charge on any atom is -0.497 e. The third-order valence-corrected chi connectivity index (χ3v) is 3.75. The first-order valence-corrected chi connectivity index (χ1v) is 7.59. The Balaban J connectivity index is 1.89. The summed E-state index contributed by atoms with van der Waals surface area (Å²) in [6.45, 7) is 1.93. The SMILES string of the molecule is COc1ccc(-c2nnc(Nc3cc(Cl)ccc3C)[nH]c2=O)cc1. The van der Waals surface area contributed by atoms with Crippen LogP contribution in [0.3, 0.4) is 0 Å². The summed E-state index contributed by atoms with van der Waals surface area (Å²) in [4.78, 5) is 15.0. The quantitative estimate of drug-likeness (QED) is 0.758. The number of ether oxygens (including phenoxy) is 1. The standard InChI is InChI=1S/C17H15ClN4O2/c1-10-3-6-12(18)9-14(10)19-17-20-16(23)15(21-22-17)11-4-7-13(24-2)8-5-11/h3-9H,1-2H3,(H2,19,20,22,23). The van der Waals surface area contributed by atoms with Crippen molar-refractivity contribution < 1.29 is 4.74 Å². The van der Waals surface area contributed by atoms with Gasteiger partial charge in [0.2, 0.25) is 5.95 Å². The van der Waals surface area contributed by atoms with Crippen LogP contribution in [0, 0.1) is 6.92 Å². The van der Waals surface area contributed by atoms with Crippen LogP contribution < -0.4 is 15.6 Å². The molecule has 6 nitrogen and oxygen atoms in total. The average molecular weight is 343 g/mol. The van der Waals surface area contributed by atoms with Crippen molar-refractivity contribution in [1.82, 2.24) is 15.2 Å². The van der Waals surface area contributed by atoms with E-state index in [-0.39, 0.29) is 17.2 Å². The molecule has 7 heteroatoms. The molecule has 0 amide bonds. The highest BCUT2D eigenvalue weighted by molar-refractivity contribution is 6.30. The van der Waals surface area contributed by atoms with Gasteiger partial charge < -0.3 is 10.1 Å². The van der Waals surface area contributed by atoms with Gasteiger partial charge in [-0.1, -0.05) is 17.7 Å². The summed E-state index contributed by atoms with van der Waals surface area (Å²) in [6, 6.07) is 12.5. The van der Waals surface area contributed by atoms with Crippen LogP contribution in [0.5, 0.6) is 5.75 Å². The number of halogens is 1. The summed E-state index contributed by atoms with van der Waals surface area (Å²) in [5.41, 5.74) is 2.30. The van der Waals surface area contributed by atoms with Gasteiger partial charge in [-0.2, -0.15) is 0 Å². The molecule has 2 aromatic carbocycles. The molecule has 0 unspecified atom stereocenters. The maximum Gasteiger partial charge on any atom is 0.279 e. The molecule has 0 saturated carbocycles. The van der Waals surface area contributed by atoms with Crippen molar-refractivity contribution in [2.75, 3.05) is 12.4 Å². The van der Waals surface area contributed by atoms with E-state index in [1.54, 1.807) is 43.5 Å². The first kappa shape index (κ1) is 16.0. The number of anilines is 2. The molecule has 1 aromatic heterocycles. The number of H-pyrrole nitrogens is 1. The van der Waals surface area contributed by atoms with Gasteiger partial charge in [0.25, 0.3) is 5.56 Å². The van der Waals surface area contributed by atoms with Gasteiger partial charge in [0.1, 0.15) is 5.75 Å². The summed E-state index contributed by atoms with van der Waals surface area (Å²) in [6.07, 6.45) is 0. The Bertz CT molecular complexity index is 923. The van der Waals surface area contributed by atoms with Gasteiger partial charge in [-0.15, -0.1) is 10.2 Å². The lowest BCUT2D eigenvalue weighted by Gasteiger charge is -2.09. The van der Waals surface area contributed by atoms with Crippen LogP contribution in [0.4, 0.5) is 11.6 Å². The molecule has 3 aromatic rings. The van der Waals surface area contributed by atoms with Crippen molar-refractivity contribution in [2.45, 2.75) is 6.92 Å². The smallest absolute Gasteiger partial charge is 0.279 e. The molecule has 0 radical (unpaired) electrons. The fraction of sp³-hybridized carbons (Fsp3) is 0.118. The number of aryl methyl sites for hydroxylation is 1. The van der Waals surface area contributed by atoms with Crippen molar-refractivity contribution in [2.24, 2.45) is 0 Å². The van der Waals surface area contributed by atoms with Crippen LogP contribution in [0.15, 0.2) is 47.3 Å². The Hall–Kier alpha value is -2.86. The predicted molar refractivity (Wildman–Crippen MR) is 94.1 cm³/mol. The molecule has 0 saturated heterocycles. The molecule has 0 aliphatic rings. The summed E-state index contributed by atoms with van der Waals surface area (Å²) in [7, 11) is 1.58. The van der Waals surface area contributed by atoms with Crippen LogP contribution in [-0.2, 0) is 0 Å². The van der Waals surface area contributed by atoms with E-state index in [9.17, 15) is 4.79 Å². The number of nitrogens with zero attached hydrogens (tertiary/aromatic N) is 2. The molecule has 0 bridgehead atoms. The molecule has 0 fully saturated rings. The van der Waals surface area contributed by atoms with E-state index < -0.39 is 0 Å². The van der Waals surface area contributed by atoms with Gasteiger partial charge in [0.05, 0.1) is 7.11 Å². The number of hydrogen-bond donors (Lipinski definition) is 2. The minimum atomic E-state index is -0.336. The number of aromatic nitrogens is 3. The molecule has 24 heavy (non-hydrogen) atoms. The van der Waals surface area contributed by atoms with E-state index in [1.807, 2.05) is 13.0 Å². The summed E-state index contributed by atoms with van der Waals surface area (Å²) in [5, 5.41) is 11.7. The van der Waals surface area contributed by atoms with Crippen molar-refractivity contribution >= 4 is 23.2 Å². The largest absolute Gasteiger partial charge is 0.497 e. The van der Waals surface area contributed by atoms with E-state index in [1.165, 1.54) is 0 Å². The zero-order chi connectivity index (χ0) is 17.1. The van der Waals surface area contributed by atoms with Gasteiger partial charge >= 0.3 is 0 Å². The highest BCUT2D eigenvalue weighted by atomic mass is 35.5. The highest BCUT2D eigenvalue weighted by Crippen LogP contribution is 2.22. The number of hydrogen-bond acceptors (Lipinski definition) is 5.